The van der Waals surface area contributed by atoms with Gasteiger partial charge >= 0.3 is 12.8 Å². The van der Waals surface area contributed by atoms with Gasteiger partial charge in [0.15, 0.2) is 0 Å². The lowest BCUT2D eigenvalue weighted by atomic mass is 9.36. The molecule has 0 atom stereocenters. The number of fused-ring (bicyclic) bond motifs is 7. The topological polar surface area (TPSA) is 41.7 Å². The molecule has 8 heteroatoms. The third kappa shape index (κ3) is 3.28. The molecule has 9 rings (SSSR count). The van der Waals surface area contributed by atoms with Crippen LogP contribution in [0.15, 0.2) is 170 Å². The van der Waals surface area contributed by atoms with Crippen LogP contribution in [0, 0.1) is 0 Å². The van der Waals surface area contributed by atoms with E-state index in [2.05, 4.69) is 199 Å². The lowest BCUT2D eigenvalue weighted by Crippen LogP contribution is -2.87. The number of hydrogen-bond donors (Lipinski definition) is 2. The van der Waals surface area contributed by atoms with Gasteiger partial charge in [-0.3, -0.25) is 9.19 Å². The van der Waals surface area contributed by atoms with Crippen LogP contribution in [-0.4, -0.2) is 22.2 Å². The third-order valence-corrected chi connectivity index (χ3v) is 9.71. The predicted molar refractivity (Wildman–Crippen MR) is 179 cm³/mol. The summed E-state index contributed by atoms with van der Waals surface area (Å²) in [5.41, 5.74) is 9.18. The monoisotopic (exact) mass is 568 g/mol. The summed E-state index contributed by atoms with van der Waals surface area (Å²) in [6, 6.07) is 52.0. The Kier molecular flexibility index (Phi) is 5.29. The fraction of sp³-hybridized carbons (Fsp3) is 0. The van der Waals surface area contributed by atoms with E-state index >= 15 is 0 Å². The van der Waals surface area contributed by atoms with Crippen LogP contribution < -0.4 is 41.5 Å². The molecule has 2 aliphatic heterocycles. The highest BCUT2D eigenvalue weighted by Gasteiger charge is 2.51. The van der Waals surface area contributed by atoms with E-state index in [0.717, 1.165) is 22.7 Å². The van der Waals surface area contributed by atoms with Crippen molar-refractivity contribution in [2.24, 2.45) is 0 Å². The van der Waals surface area contributed by atoms with E-state index in [-0.39, 0.29) is 0 Å². The Morgan fingerprint density at radius 2 is 0.705 bits per heavy atom. The highest BCUT2D eigenvalue weighted by atomic mass is 15.4. The van der Waals surface area contributed by atoms with Crippen molar-refractivity contribution in [2.75, 3.05) is 10.5 Å². The first-order valence-electron chi connectivity index (χ1n) is 15.3. The molecule has 5 aromatic carbocycles. The minimum absolute atomic E-state index is 1.07. The molecule has 0 fully saturated rings. The van der Waals surface area contributed by atoms with Gasteiger partial charge in [0.1, 0.15) is 23.8 Å². The van der Waals surface area contributed by atoms with E-state index in [0.29, 0.717) is 0 Å². The summed E-state index contributed by atoms with van der Waals surface area (Å²) in [6.45, 7) is 0. The molecule has 2 N–H and O–H groups in total. The van der Waals surface area contributed by atoms with Gasteiger partial charge in [-0.15, -0.1) is 21.9 Å². The molecular weight excluding hydrogens is 538 g/mol. The number of aromatic nitrogens is 4. The zero-order valence-electron chi connectivity index (χ0n) is 24.1. The summed E-state index contributed by atoms with van der Waals surface area (Å²) < 4.78 is 9.33. The van der Waals surface area contributed by atoms with Crippen molar-refractivity contribution < 1.29 is 9.19 Å². The summed E-state index contributed by atoms with van der Waals surface area (Å²) >= 11 is 0. The predicted octanol–water partition coefficient (Wildman–Crippen LogP) is 2.90. The third-order valence-electron chi connectivity index (χ3n) is 9.71. The minimum atomic E-state index is -1.65. The standard InChI is InChI=1S/C36H30B2N6/c1-5-15-29(16-6-1)37(30-17-7-2-8-18-30)39-35-33(41-25-13-27-43(37)41)23-24-34-36(35)40-38(31-19-9-3-10-20-31,32-21-11-4-12-22-32)44-28-14-26-42(34)44/h1-28,39-40H. The average Bonchev–Trinajstić information content (AvgIpc) is 3.81. The van der Waals surface area contributed by atoms with Crippen LogP contribution in [0.4, 0.5) is 11.4 Å². The number of rotatable bonds is 4. The molecule has 2 aliphatic rings. The van der Waals surface area contributed by atoms with E-state index in [1.165, 1.54) is 21.9 Å². The summed E-state index contributed by atoms with van der Waals surface area (Å²) in [5, 5.41) is 8.41. The quantitative estimate of drug-likeness (QED) is 0.321. The van der Waals surface area contributed by atoms with Crippen molar-refractivity contribution in [3.63, 3.8) is 0 Å². The van der Waals surface area contributed by atoms with E-state index < -0.39 is 12.8 Å². The molecule has 0 unspecified atom stereocenters. The fourth-order valence-electron chi connectivity index (χ4n) is 7.81. The number of hydrogen-bond acceptors (Lipinski definition) is 2. The number of benzene rings is 5. The highest BCUT2D eigenvalue weighted by molar-refractivity contribution is 6.99. The molecule has 0 spiro atoms. The lowest BCUT2D eigenvalue weighted by Gasteiger charge is -2.46. The number of anilines is 2. The van der Waals surface area contributed by atoms with Gasteiger partial charge in [0, 0.05) is 12.1 Å². The Labute approximate surface area is 256 Å². The van der Waals surface area contributed by atoms with Gasteiger partial charge in [0.25, 0.3) is 0 Å². The van der Waals surface area contributed by atoms with Crippen LogP contribution in [0.25, 0.3) is 11.4 Å². The first-order chi connectivity index (χ1) is 21.8. The Morgan fingerprint density at radius 1 is 0.386 bits per heavy atom. The van der Waals surface area contributed by atoms with Crippen LogP contribution in [0.3, 0.4) is 0 Å². The van der Waals surface area contributed by atoms with Gasteiger partial charge in [0.05, 0.1) is 23.8 Å². The van der Waals surface area contributed by atoms with Gasteiger partial charge in [-0.2, -0.15) is 9.36 Å². The largest absolute Gasteiger partial charge is 0.485 e. The summed E-state index contributed by atoms with van der Waals surface area (Å²) in [5.74, 6) is 0. The van der Waals surface area contributed by atoms with Gasteiger partial charge in [0.2, 0.25) is 0 Å². The van der Waals surface area contributed by atoms with Crippen LogP contribution in [0.5, 0.6) is 0 Å². The van der Waals surface area contributed by atoms with E-state index in [1.54, 1.807) is 0 Å². The Morgan fingerprint density at radius 3 is 1.02 bits per heavy atom. The lowest BCUT2D eigenvalue weighted by molar-refractivity contribution is -0.626. The molecule has 0 bridgehead atoms. The van der Waals surface area contributed by atoms with Crippen LogP contribution in [0.2, 0.25) is 0 Å². The smallest absolute Gasteiger partial charge is 0.450 e. The van der Waals surface area contributed by atoms with E-state index in [9.17, 15) is 0 Å². The van der Waals surface area contributed by atoms with Crippen molar-refractivity contribution in [1.82, 2.24) is 9.36 Å². The Hall–Kier alpha value is -5.75. The average molecular weight is 568 g/mol. The fourth-order valence-corrected chi connectivity index (χ4v) is 7.81. The molecule has 0 saturated carbocycles. The molecule has 0 saturated heterocycles. The molecular formula is C36H30B2N6. The van der Waals surface area contributed by atoms with Crippen molar-refractivity contribution in [3.8, 4) is 11.4 Å². The van der Waals surface area contributed by atoms with Gasteiger partial charge < -0.3 is 10.5 Å². The Bertz CT molecular complexity index is 1890. The van der Waals surface area contributed by atoms with Crippen LogP contribution in [-0.2, 0) is 0 Å². The molecule has 6 nitrogen and oxygen atoms in total. The zero-order valence-corrected chi connectivity index (χ0v) is 24.1. The van der Waals surface area contributed by atoms with Crippen molar-refractivity contribution in [2.45, 2.75) is 0 Å². The second-order valence-electron chi connectivity index (χ2n) is 11.9. The molecule has 44 heavy (non-hydrogen) atoms. The van der Waals surface area contributed by atoms with Gasteiger partial charge in [-0.05, 0) is 12.1 Å². The normalized spacial score (nSPS) is 15.1. The summed E-state index contributed by atoms with van der Waals surface area (Å²) in [7, 11) is 0. The molecule has 7 aromatic rings. The SMILES string of the molecule is c1ccc([B-]2(c3ccccc3)Nc3c(ccc4c3N[B-](c3ccccc3)(c3ccccc3)[n+]3cccn3-4)-n3ccc[n+]32)cc1. The molecule has 4 heterocycles. The molecule has 0 amide bonds. The van der Waals surface area contributed by atoms with Gasteiger partial charge in [-0.25, -0.2) is 0 Å². The maximum Gasteiger partial charge on any atom is 0.450 e. The minimum Gasteiger partial charge on any atom is -0.485 e. The van der Waals surface area contributed by atoms with E-state index in [4.69, 9.17) is 0 Å². The maximum absolute atomic E-state index is 4.21. The molecule has 0 radical (unpaired) electrons. The molecule has 0 aliphatic carbocycles. The van der Waals surface area contributed by atoms with Crippen molar-refractivity contribution in [3.05, 3.63) is 170 Å². The molecule has 2 aromatic heterocycles. The van der Waals surface area contributed by atoms with Crippen LogP contribution in [0.1, 0.15) is 0 Å². The first-order valence-corrected chi connectivity index (χ1v) is 15.3. The zero-order chi connectivity index (χ0) is 29.1. The Balaban J connectivity index is 1.36. The highest BCUT2D eigenvalue weighted by Crippen LogP contribution is 2.39. The second kappa shape index (κ2) is 9.38. The number of nitrogens with zero attached hydrogens (tertiary/aromatic N) is 4. The van der Waals surface area contributed by atoms with Crippen molar-refractivity contribution in [1.29, 1.82) is 0 Å². The molecule has 210 valence electrons. The maximum atomic E-state index is 4.21. The van der Waals surface area contributed by atoms with Gasteiger partial charge in [-0.1, -0.05) is 121 Å². The number of nitrogens with one attached hydrogen (secondary N) is 2. The van der Waals surface area contributed by atoms with Crippen LogP contribution >= 0.6 is 0 Å². The first kappa shape index (κ1) is 24.8. The van der Waals surface area contributed by atoms with E-state index in [1.807, 2.05) is 0 Å². The summed E-state index contributed by atoms with van der Waals surface area (Å²) in [6.07, 6.45) is 5.40. The van der Waals surface area contributed by atoms with Crippen molar-refractivity contribution >= 4 is 46.1 Å². The second-order valence-corrected chi connectivity index (χ2v) is 11.9. The summed E-state index contributed by atoms with van der Waals surface area (Å²) in [4.78, 5) is 0.